The van der Waals surface area contributed by atoms with Crippen molar-refractivity contribution in [3.05, 3.63) is 0 Å². The molecule has 0 aromatic rings. The van der Waals surface area contributed by atoms with Gasteiger partial charge in [0, 0.05) is 0 Å². The van der Waals surface area contributed by atoms with E-state index in [0.29, 0.717) is 18.4 Å². The Labute approximate surface area is 104 Å². The zero-order chi connectivity index (χ0) is 12.5. The fourth-order valence-corrected chi connectivity index (χ4v) is 2.71. The lowest BCUT2D eigenvalue weighted by Crippen LogP contribution is -2.23. The van der Waals surface area contributed by atoms with Crippen molar-refractivity contribution in [1.29, 1.82) is 0 Å². The number of ether oxygens (including phenoxy) is 2. The fraction of sp³-hybridized carbons (Fsp3) is 0.923. The van der Waals surface area contributed by atoms with Crippen LogP contribution in [0.25, 0.3) is 0 Å². The first-order valence-corrected chi connectivity index (χ1v) is 6.68. The van der Waals surface area contributed by atoms with Crippen molar-refractivity contribution in [1.82, 2.24) is 0 Å². The minimum absolute atomic E-state index is 0.459. The number of methoxy groups -OCH3 is 1. The molecule has 0 aromatic heterocycles. The van der Waals surface area contributed by atoms with Gasteiger partial charge in [0.25, 0.3) is 0 Å². The normalized spacial score (nSPS) is 25.1. The van der Waals surface area contributed by atoms with Gasteiger partial charge in [0.05, 0.1) is 13.7 Å². The maximum absolute atomic E-state index is 10.8. The van der Waals surface area contributed by atoms with E-state index in [1.165, 1.54) is 39.2 Å². The van der Waals surface area contributed by atoms with Crippen LogP contribution >= 0.6 is 0 Å². The topological polar surface area (TPSA) is 61.5 Å². The van der Waals surface area contributed by atoms with Gasteiger partial charge in [-0.3, -0.25) is 0 Å². The van der Waals surface area contributed by atoms with Crippen LogP contribution in [0.15, 0.2) is 0 Å². The lowest BCUT2D eigenvalue weighted by atomic mass is 9.85. The van der Waals surface area contributed by atoms with E-state index in [0.717, 1.165) is 19.4 Å². The highest BCUT2D eigenvalue weighted by molar-refractivity contribution is 5.59. The van der Waals surface area contributed by atoms with Crippen molar-refractivity contribution < 1.29 is 14.3 Å². The number of hydrogen-bond acceptors (Lipinski definition) is 4. The van der Waals surface area contributed by atoms with Gasteiger partial charge >= 0.3 is 6.16 Å². The summed E-state index contributed by atoms with van der Waals surface area (Å²) >= 11 is 0. The summed E-state index contributed by atoms with van der Waals surface area (Å²) in [6.07, 6.45) is 7.96. The quantitative estimate of drug-likeness (QED) is 0.458. The number of rotatable bonds is 5. The third-order valence-corrected chi connectivity index (χ3v) is 3.73. The SMILES string of the molecule is COC(=O)OCCCC1CCCCCC1CN. The molecule has 0 amide bonds. The zero-order valence-corrected chi connectivity index (χ0v) is 10.8. The number of carbonyl (C=O) groups excluding carboxylic acids is 1. The highest BCUT2D eigenvalue weighted by Crippen LogP contribution is 2.31. The molecule has 0 heterocycles. The van der Waals surface area contributed by atoms with Crippen molar-refractivity contribution in [2.24, 2.45) is 17.6 Å². The summed E-state index contributed by atoms with van der Waals surface area (Å²) in [4.78, 5) is 10.8. The Bertz CT molecular complexity index is 221. The Morgan fingerprint density at radius 1 is 1.24 bits per heavy atom. The van der Waals surface area contributed by atoms with Crippen LogP contribution in [-0.2, 0) is 9.47 Å². The molecule has 2 atom stereocenters. The van der Waals surface area contributed by atoms with Crippen LogP contribution in [0.5, 0.6) is 0 Å². The Morgan fingerprint density at radius 2 is 1.94 bits per heavy atom. The summed E-state index contributed by atoms with van der Waals surface area (Å²) in [5, 5.41) is 0. The van der Waals surface area contributed by atoms with Crippen molar-refractivity contribution in [2.75, 3.05) is 20.3 Å². The summed E-state index contributed by atoms with van der Waals surface area (Å²) in [7, 11) is 1.33. The maximum atomic E-state index is 10.8. The van der Waals surface area contributed by atoms with Crippen molar-refractivity contribution in [2.45, 2.75) is 44.9 Å². The summed E-state index contributed by atoms with van der Waals surface area (Å²) in [5.41, 5.74) is 5.83. The fourth-order valence-electron chi connectivity index (χ4n) is 2.71. The van der Waals surface area contributed by atoms with E-state index >= 15 is 0 Å². The molecule has 4 heteroatoms. The monoisotopic (exact) mass is 243 g/mol. The van der Waals surface area contributed by atoms with Crippen LogP contribution in [-0.4, -0.2) is 26.4 Å². The molecule has 0 bridgehead atoms. The van der Waals surface area contributed by atoms with Crippen molar-refractivity contribution in [3.8, 4) is 0 Å². The minimum atomic E-state index is -0.582. The minimum Gasteiger partial charge on any atom is -0.438 e. The van der Waals surface area contributed by atoms with Gasteiger partial charge in [-0.25, -0.2) is 4.79 Å². The van der Waals surface area contributed by atoms with E-state index < -0.39 is 6.16 Å². The first-order chi connectivity index (χ1) is 8.27. The predicted molar refractivity (Wildman–Crippen MR) is 66.7 cm³/mol. The first kappa shape index (κ1) is 14.3. The highest BCUT2D eigenvalue weighted by atomic mass is 16.7. The van der Waals surface area contributed by atoms with Crippen molar-refractivity contribution in [3.63, 3.8) is 0 Å². The molecule has 1 aliphatic rings. The molecule has 1 fully saturated rings. The van der Waals surface area contributed by atoms with E-state index in [4.69, 9.17) is 10.5 Å². The van der Waals surface area contributed by atoms with Crippen molar-refractivity contribution >= 4 is 6.16 Å². The molecule has 0 aromatic carbocycles. The largest absolute Gasteiger partial charge is 0.507 e. The zero-order valence-electron chi connectivity index (χ0n) is 10.8. The Kier molecular flexibility index (Phi) is 7.01. The van der Waals surface area contributed by atoms with Crippen LogP contribution in [0, 0.1) is 11.8 Å². The van der Waals surface area contributed by atoms with Crippen LogP contribution < -0.4 is 5.73 Å². The second-order valence-electron chi connectivity index (χ2n) is 4.84. The molecule has 0 saturated heterocycles. The molecule has 1 rings (SSSR count). The number of carbonyl (C=O) groups is 1. The van der Waals surface area contributed by atoms with E-state index in [2.05, 4.69) is 4.74 Å². The number of nitrogens with two attached hydrogens (primary N) is 1. The third kappa shape index (κ3) is 5.39. The molecule has 1 saturated carbocycles. The van der Waals surface area contributed by atoms with Gasteiger partial charge in [-0.2, -0.15) is 0 Å². The molecule has 100 valence electrons. The Balaban J connectivity index is 2.20. The summed E-state index contributed by atoms with van der Waals surface area (Å²) < 4.78 is 9.31. The number of hydrogen-bond donors (Lipinski definition) is 1. The molecule has 2 N–H and O–H groups in total. The molecular formula is C13H25NO3. The van der Waals surface area contributed by atoms with E-state index in [1.54, 1.807) is 0 Å². The van der Waals surface area contributed by atoms with Gasteiger partial charge in [0.1, 0.15) is 0 Å². The van der Waals surface area contributed by atoms with Gasteiger partial charge in [0.15, 0.2) is 0 Å². The third-order valence-electron chi connectivity index (χ3n) is 3.73. The Hall–Kier alpha value is -0.770. The van der Waals surface area contributed by atoms with Gasteiger partial charge in [-0.05, 0) is 37.6 Å². The van der Waals surface area contributed by atoms with Crippen LogP contribution in [0.2, 0.25) is 0 Å². The molecule has 2 unspecified atom stereocenters. The molecule has 17 heavy (non-hydrogen) atoms. The maximum Gasteiger partial charge on any atom is 0.507 e. The lowest BCUT2D eigenvalue weighted by molar-refractivity contribution is 0.0695. The van der Waals surface area contributed by atoms with E-state index in [1.807, 2.05) is 0 Å². The van der Waals surface area contributed by atoms with E-state index in [-0.39, 0.29) is 0 Å². The highest BCUT2D eigenvalue weighted by Gasteiger charge is 2.22. The average Bonchev–Trinajstić information content (AvgIpc) is 2.59. The molecular weight excluding hydrogens is 218 g/mol. The Morgan fingerprint density at radius 3 is 2.59 bits per heavy atom. The van der Waals surface area contributed by atoms with Gasteiger partial charge < -0.3 is 15.2 Å². The summed E-state index contributed by atoms with van der Waals surface area (Å²) in [6.45, 7) is 1.25. The first-order valence-electron chi connectivity index (χ1n) is 6.68. The molecule has 0 spiro atoms. The second-order valence-corrected chi connectivity index (χ2v) is 4.84. The summed E-state index contributed by atoms with van der Waals surface area (Å²) in [6, 6.07) is 0. The molecule has 0 aliphatic heterocycles. The predicted octanol–water partition coefficient (Wildman–Crippen LogP) is 2.70. The second kappa shape index (κ2) is 8.34. The molecule has 1 aliphatic carbocycles. The van der Waals surface area contributed by atoms with Crippen LogP contribution in [0.1, 0.15) is 44.9 Å². The summed E-state index contributed by atoms with van der Waals surface area (Å²) in [5.74, 6) is 1.37. The van der Waals surface area contributed by atoms with Crippen LogP contribution in [0.3, 0.4) is 0 Å². The van der Waals surface area contributed by atoms with Gasteiger partial charge in [0.2, 0.25) is 0 Å². The average molecular weight is 243 g/mol. The van der Waals surface area contributed by atoms with Gasteiger partial charge in [-0.15, -0.1) is 0 Å². The van der Waals surface area contributed by atoms with E-state index in [9.17, 15) is 4.79 Å². The molecule has 0 radical (unpaired) electrons. The standard InChI is InChI=1S/C13H25NO3/c1-16-13(15)17-9-5-8-11-6-3-2-4-7-12(11)10-14/h11-12H,2-10,14H2,1H3. The molecule has 4 nitrogen and oxygen atoms in total. The lowest BCUT2D eigenvalue weighted by Gasteiger charge is -2.23. The van der Waals surface area contributed by atoms with Crippen LogP contribution in [0.4, 0.5) is 4.79 Å². The smallest absolute Gasteiger partial charge is 0.438 e. The van der Waals surface area contributed by atoms with Gasteiger partial charge in [-0.1, -0.05) is 25.7 Å².